The normalized spacial score (nSPS) is 14.1. The molecule has 0 amide bonds. The molecule has 1 aromatic carbocycles. The molecule has 1 aliphatic carbocycles. The number of anilines is 1. The van der Waals surface area contributed by atoms with Crippen LogP contribution in [0, 0.1) is 0 Å². The molecule has 0 radical (unpaired) electrons. The summed E-state index contributed by atoms with van der Waals surface area (Å²) >= 11 is 0. The lowest BCUT2D eigenvalue weighted by Gasteiger charge is -1.96. The number of benzene rings is 1. The Kier molecular flexibility index (Phi) is 1.78. The molecule has 2 aromatic rings. The van der Waals surface area contributed by atoms with E-state index in [1.54, 1.807) is 0 Å². The predicted octanol–water partition coefficient (Wildman–Crippen LogP) is 2.41. The average molecular weight is 200 g/mol. The molecule has 0 bridgehead atoms. The molecule has 76 valence electrons. The first kappa shape index (κ1) is 8.53. The van der Waals surface area contributed by atoms with Gasteiger partial charge in [-0.05, 0) is 37.1 Å². The van der Waals surface area contributed by atoms with E-state index in [4.69, 9.17) is 10.2 Å². The van der Waals surface area contributed by atoms with Crippen LogP contribution in [0.4, 0.5) is 5.69 Å². The number of aryl methyl sites for hydroxylation is 2. The van der Waals surface area contributed by atoms with Crippen molar-refractivity contribution in [2.45, 2.75) is 19.3 Å². The van der Waals surface area contributed by atoms with Gasteiger partial charge in [-0.15, -0.1) is 0 Å². The highest BCUT2D eigenvalue weighted by atomic mass is 16.4. The van der Waals surface area contributed by atoms with Gasteiger partial charge in [0.2, 0.25) is 5.89 Å². The van der Waals surface area contributed by atoms with Gasteiger partial charge in [0.15, 0.2) is 0 Å². The summed E-state index contributed by atoms with van der Waals surface area (Å²) in [6, 6.07) is 7.61. The van der Waals surface area contributed by atoms with E-state index in [9.17, 15) is 0 Å². The zero-order valence-electron chi connectivity index (χ0n) is 8.36. The Morgan fingerprint density at radius 1 is 1.13 bits per heavy atom. The van der Waals surface area contributed by atoms with Crippen molar-refractivity contribution in [3.05, 3.63) is 35.7 Å². The zero-order valence-corrected chi connectivity index (χ0v) is 8.36. The molecule has 0 fully saturated rings. The van der Waals surface area contributed by atoms with Crippen LogP contribution in [-0.2, 0) is 12.8 Å². The molecule has 3 rings (SSSR count). The van der Waals surface area contributed by atoms with Gasteiger partial charge in [0.25, 0.3) is 0 Å². The van der Waals surface area contributed by atoms with Gasteiger partial charge in [0.05, 0.1) is 5.69 Å². The molecule has 0 aliphatic heterocycles. The van der Waals surface area contributed by atoms with E-state index in [0.29, 0.717) is 0 Å². The van der Waals surface area contributed by atoms with E-state index in [0.717, 1.165) is 41.4 Å². The molecule has 0 unspecified atom stereocenters. The molecule has 3 nitrogen and oxygen atoms in total. The van der Waals surface area contributed by atoms with Crippen LogP contribution in [0.1, 0.15) is 17.9 Å². The van der Waals surface area contributed by atoms with Crippen molar-refractivity contribution < 1.29 is 4.42 Å². The minimum atomic E-state index is 0.722. The van der Waals surface area contributed by atoms with Gasteiger partial charge in [-0.25, -0.2) is 4.98 Å². The van der Waals surface area contributed by atoms with Crippen molar-refractivity contribution in [3.8, 4) is 11.5 Å². The lowest BCUT2D eigenvalue weighted by atomic mass is 10.2. The number of rotatable bonds is 1. The van der Waals surface area contributed by atoms with Gasteiger partial charge in [0, 0.05) is 17.7 Å². The summed E-state index contributed by atoms with van der Waals surface area (Å²) in [4.78, 5) is 4.48. The van der Waals surface area contributed by atoms with Gasteiger partial charge in [-0.2, -0.15) is 0 Å². The maximum absolute atomic E-state index is 5.70. The Labute approximate surface area is 87.9 Å². The Bertz CT molecular complexity index is 463. The number of aromatic nitrogens is 1. The van der Waals surface area contributed by atoms with E-state index in [1.165, 1.54) is 6.42 Å². The molecular weight excluding hydrogens is 188 g/mol. The van der Waals surface area contributed by atoms with Crippen molar-refractivity contribution in [2.75, 3.05) is 5.73 Å². The largest absolute Gasteiger partial charge is 0.441 e. The molecule has 1 heterocycles. The maximum atomic E-state index is 5.70. The molecule has 0 saturated carbocycles. The second-order valence-electron chi connectivity index (χ2n) is 3.86. The SMILES string of the molecule is Nc1ccc(-c2nc3c(o2)CCC3)cc1. The summed E-state index contributed by atoms with van der Waals surface area (Å²) < 4.78 is 5.70. The van der Waals surface area contributed by atoms with Crippen molar-refractivity contribution in [3.63, 3.8) is 0 Å². The molecule has 1 aliphatic rings. The second kappa shape index (κ2) is 3.12. The van der Waals surface area contributed by atoms with Crippen molar-refractivity contribution >= 4 is 5.69 Å². The van der Waals surface area contributed by atoms with E-state index < -0.39 is 0 Å². The second-order valence-corrected chi connectivity index (χ2v) is 3.86. The lowest BCUT2D eigenvalue weighted by Crippen LogP contribution is -1.85. The number of nitrogens with zero attached hydrogens (tertiary/aromatic N) is 1. The summed E-state index contributed by atoms with van der Waals surface area (Å²) in [5.74, 6) is 1.78. The number of nitrogen functional groups attached to an aromatic ring is 1. The third-order valence-corrected chi connectivity index (χ3v) is 2.75. The molecule has 3 heteroatoms. The number of oxazole rings is 1. The zero-order chi connectivity index (χ0) is 10.3. The average Bonchev–Trinajstić information content (AvgIpc) is 2.78. The van der Waals surface area contributed by atoms with Gasteiger partial charge in [-0.1, -0.05) is 0 Å². The van der Waals surface area contributed by atoms with Crippen LogP contribution >= 0.6 is 0 Å². The molecule has 0 saturated heterocycles. The maximum Gasteiger partial charge on any atom is 0.226 e. The van der Waals surface area contributed by atoms with Crippen molar-refractivity contribution in [2.24, 2.45) is 0 Å². The first-order chi connectivity index (χ1) is 7.33. The van der Waals surface area contributed by atoms with Gasteiger partial charge in [0.1, 0.15) is 5.76 Å². The lowest BCUT2D eigenvalue weighted by molar-refractivity contribution is 0.522. The van der Waals surface area contributed by atoms with Crippen LogP contribution in [0.25, 0.3) is 11.5 Å². The summed E-state index contributed by atoms with van der Waals surface area (Å²) in [6.45, 7) is 0. The Morgan fingerprint density at radius 3 is 2.67 bits per heavy atom. The Morgan fingerprint density at radius 2 is 1.93 bits per heavy atom. The number of hydrogen-bond donors (Lipinski definition) is 1. The van der Waals surface area contributed by atoms with Gasteiger partial charge >= 0.3 is 0 Å². The van der Waals surface area contributed by atoms with Crippen LogP contribution in [0.5, 0.6) is 0 Å². The summed E-state index contributed by atoms with van der Waals surface area (Å²) in [5, 5.41) is 0. The van der Waals surface area contributed by atoms with E-state index in [1.807, 2.05) is 24.3 Å². The highest BCUT2D eigenvalue weighted by Crippen LogP contribution is 2.28. The summed E-state index contributed by atoms with van der Waals surface area (Å²) in [7, 11) is 0. The van der Waals surface area contributed by atoms with E-state index in [-0.39, 0.29) is 0 Å². The van der Waals surface area contributed by atoms with Gasteiger partial charge < -0.3 is 10.2 Å². The third kappa shape index (κ3) is 1.40. The van der Waals surface area contributed by atoms with Gasteiger partial charge in [-0.3, -0.25) is 0 Å². The monoisotopic (exact) mass is 200 g/mol. The third-order valence-electron chi connectivity index (χ3n) is 2.75. The fraction of sp³-hybridized carbons (Fsp3) is 0.250. The molecule has 1 aromatic heterocycles. The van der Waals surface area contributed by atoms with E-state index >= 15 is 0 Å². The Balaban J connectivity index is 2.02. The standard InChI is InChI=1S/C12H12N2O/c13-9-6-4-8(5-7-9)12-14-10-2-1-3-11(10)15-12/h4-7H,1-3,13H2. The van der Waals surface area contributed by atoms with Crippen LogP contribution in [0.3, 0.4) is 0 Å². The predicted molar refractivity (Wildman–Crippen MR) is 58.4 cm³/mol. The van der Waals surface area contributed by atoms with Crippen LogP contribution in [0.2, 0.25) is 0 Å². The van der Waals surface area contributed by atoms with Crippen LogP contribution in [-0.4, -0.2) is 4.98 Å². The highest BCUT2D eigenvalue weighted by Gasteiger charge is 2.18. The molecular formula is C12H12N2O. The van der Waals surface area contributed by atoms with Crippen molar-refractivity contribution in [1.29, 1.82) is 0 Å². The highest BCUT2D eigenvalue weighted by molar-refractivity contribution is 5.57. The molecule has 0 atom stereocenters. The fourth-order valence-electron chi connectivity index (χ4n) is 1.94. The number of nitrogens with two attached hydrogens (primary N) is 1. The van der Waals surface area contributed by atoms with E-state index in [2.05, 4.69) is 4.98 Å². The summed E-state index contributed by atoms with van der Waals surface area (Å²) in [6.07, 6.45) is 3.24. The summed E-state index contributed by atoms with van der Waals surface area (Å²) in [5.41, 5.74) is 8.51. The molecule has 2 N–H and O–H groups in total. The first-order valence-corrected chi connectivity index (χ1v) is 5.17. The molecule has 15 heavy (non-hydrogen) atoms. The fourth-order valence-corrected chi connectivity index (χ4v) is 1.94. The molecule has 0 spiro atoms. The topological polar surface area (TPSA) is 52.0 Å². The minimum absolute atomic E-state index is 0.722. The first-order valence-electron chi connectivity index (χ1n) is 5.17. The smallest absolute Gasteiger partial charge is 0.226 e. The number of hydrogen-bond acceptors (Lipinski definition) is 3. The van der Waals surface area contributed by atoms with Crippen LogP contribution in [0.15, 0.2) is 28.7 Å². The van der Waals surface area contributed by atoms with Crippen molar-refractivity contribution in [1.82, 2.24) is 4.98 Å². The Hall–Kier alpha value is -1.77. The number of fused-ring (bicyclic) bond motifs is 1. The minimum Gasteiger partial charge on any atom is -0.441 e. The quantitative estimate of drug-likeness (QED) is 0.719. The van der Waals surface area contributed by atoms with Crippen LogP contribution < -0.4 is 5.73 Å².